The SMILES string of the molecule is COc1ccc(C(Cl)Cl)cc1OC(C)=O. The molecular weight excluding hydrogens is 239 g/mol. The topological polar surface area (TPSA) is 35.5 Å². The molecule has 0 amide bonds. The third-order valence-corrected chi connectivity index (χ3v) is 2.20. The van der Waals surface area contributed by atoms with Gasteiger partial charge in [0.1, 0.15) is 4.84 Å². The number of ether oxygens (including phenoxy) is 2. The van der Waals surface area contributed by atoms with E-state index in [1.165, 1.54) is 14.0 Å². The average Bonchev–Trinajstić information content (AvgIpc) is 2.16. The molecular formula is C10H10Cl2O3. The van der Waals surface area contributed by atoms with Gasteiger partial charge in [-0.25, -0.2) is 0 Å². The van der Waals surface area contributed by atoms with Gasteiger partial charge in [-0.05, 0) is 17.7 Å². The third kappa shape index (κ3) is 3.29. The summed E-state index contributed by atoms with van der Waals surface area (Å²) in [5.41, 5.74) is 0.649. The van der Waals surface area contributed by atoms with E-state index in [1.807, 2.05) is 0 Å². The minimum atomic E-state index is -0.662. The predicted molar refractivity (Wildman–Crippen MR) is 58.8 cm³/mol. The highest BCUT2D eigenvalue weighted by atomic mass is 35.5. The molecule has 0 N–H and O–H groups in total. The van der Waals surface area contributed by atoms with Gasteiger partial charge < -0.3 is 9.47 Å². The maximum absolute atomic E-state index is 10.8. The molecule has 0 aromatic heterocycles. The Morgan fingerprint density at radius 3 is 2.47 bits per heavy atom. The van der Waals surface area contributed by atoms with Crippen LogP contribution in [0.3, 0.4) is 0 Å². The van der Waals surface area contributed by atoms with Crippen LogP contribution < -0.4 is 9.47 Å². The van der Waals surface area contributed by atoms with E-state index < -0.39 is 10.8 Å². The predicted octanol–water partition coefficient (Wildman–Crippen LogP) is 3.10. The van der Waals surface area contributed by atoms with Crippen LogP contribution in [0.1, 0.15) is 17.3 Å². The van der Waals surface area contributed by atoms with Crippen molar-refractivity contribution in [1.29, 1.82) is 0 Å². The zero-order valence-corrected chi connectivity index (χ0v) is 9.80. The van der Waals surface area contributed by atoms with Crippen LogP contribution in [0.15, 0.2) is 18.2 Å². The van der Waals surface area contributed by atoms with E-state index in [0.29, 0.717) is 17.1 Å². The van der Waals surface area contributed by atoms with Crippen LogP contribution >= 0.6 is 23.2 Å². The van der Waals surface area contributed by atoms with Crippen molar-refractivity contribution in [2.75, 3.05) is 7.11 Å². The molecule has 0 bridgehead atoms. The van der Waals surface area contributed by atoms with E-state index in [4.69, 9.17) is 32.7 Å². The molecule has 0 spiro atoms. The van der Waals surface area contributed by atoms with Gasteiger partial charge in [-0.3, -0.25) is 4.79 Å². The van der Waals surface area contributed by atoms with Gasteiger partial charge in [0.05, 0.1) is 7.11 Å². The summed E-state index contributed by atoms with van der Waals surface area (Å²) in [5.74, 6) is 0.350. The van der Waals surface area contributed by atoms with Gasteiger partial charge in [-0.2, -0.15) is 0 Å². The van der Waals surface area contributed by atoms with Crippen LogP contribution in [0.2, 0.25) is 0 Å². The Labute approximate surface area is 97.9 Å². The van der Waals surface area contributed by atoms with Crippen molar-refractivity contribution in [3.05, 3.63) is 23.8 Å². The number of alkyl halides is 2. The zero-order chi connectivity index (χ0) is 11.4. The van der Waals surface area contributed by atoms with Crippen molar-refractivity contribution in [1.82, 2.24) is 0 Å². The molecule has 5 heteroatoms. The second-order valence-corrected chi connectivity index (χ2v) is 3.90. The molecule has 0 saturated heterocycles. The van der Waals surface area contributed by atoms with Crippen LogP contribution in [0.5, 0.6) is 11.5 Å². The van der Waals surface area contributed by atoms with Crippen molar-refractivity contribution in [3.63, 3.8) is 0 Å². The summed E-state index contributed by atoms with van der Waals surface area (Å²) >= 11 is 11.4. The van der Waals surface area contributed by atoms with E-state index >= 15 is 0 Å². The monoisotopic (exact) mass is 248 g/mol. The normalized spacial score (nSPS) is 10.2. The molecule has 0 fully saturated rings. The molecule has 1 aromatic carbocycles. The zero-order valence-electron chi connectivity index (χ0n) is 8.29. The average molecular weight is 249 g/mol. The first-order chi connectivity index (χ1) is 7.04. The minimum Gasteiger partial charge on any atom is -0.493 e. The van der Waals surface area contributed by atoms with Crippen LogP contribution in [-0.2, 0) is 4.79 Å². The number of hydrogen-bond donors (Lipinski definition) is 0. The number of esters is 1. The summed E-state index contributed by atoms with van der Waals surface area (Å²) in [7, 11) is 1.49. The van der Waals surface area contributed by atoms with E-state index in [9.17, 15) is 4.79 Å². The molecule has 0 heterocycles. The van der Waals surface area contributed by atoms with Gasteiger partial charge in [0.25, 0.3) is 0 Å². The Morgan fingerprint density at radius 1 is 1.33 bits per heavy atom. The van der Waals surface area contributed by atoms with E-state index in [0.717, 1.165) is 0 Å². The number of rotatable bonds is 3. The Balaban J connectivity index is 3.07. The first-order valence-electron chi connectivity index (χ1n) is 4.19. The second-order valence-electron chi connectivity index (χ2n) is 2.80. The van der Waals surface area contributed by atoms with Crippen molar-refractivity contribution >= 4 is 29.2 Å². The first-order valence-corrected chi connectivity index (χ1v) is 5.06. The lowest BCUT2D eigenvalue weighted by Gasteiger charge is -2.10. The van der Waals surface area contributed by atoms with E-state index in [-0.39, 0.29) is 0 Å². The Morgan fingerprint density at radius 2 is 2.00 bits per heavy atom. The lowest BCUT2D eigenvalue weighted by molar-refractivity contribution is -0.132. The molecule has 1 rings (SSSR count). The van der Waals surface area contributed by atoms with Gasteiger partial charge >= 0.3 is 5.97 Å². The number of halogens is 2. The molecule has 82 valence electrons. The van der Waals surface area contributed by atoms with Gasteiger partial charge in [-0.15, -0.1) is 23.2 Å². The van der Waals surface area contributed by atoms with Gasteiger partial charge in [0.2, 0.25) is 0 Å². The highest BCUT2D eigenvalue weighted by Crippen LogP contribution is 2.33. The number of methoxy groups -OCH3 is 1. The fourth-order valence-electron chi connectivity index (χ4n) is 1.06. The van der Waals surface area contributed by atoms with Crippen molar-refractivity contribution in [2.45, 2.75) is 11.8 Å². The standard InChI is InChI=1S/C10H10Cl2O3/c1-6(13)15-9-5-7(10(11)12)3-4-8(9)14-2/h3-5,10H,1-2H3. The molecule has 3 nitrogen and oxygen atoms in total. The highest BCUT2D eigenvalue weighted by molar-refractivity contribution is 6.44. The fraction of sp³-hybridized carbons (Fsp3) is 0.300. The smallest absolute Gasteiger partial charge is 0.308 e. The maximum atomic E-state index is 10.8. The molecule has 0 unspecified atom stereocenters. The molecule has 0 saturated carbocycles. The van der Waals surface area contributed by atoms with E-state index in [1.54, 1.807) is 18.2 Å². The molecule has 0 radical (unpaired) electrons. The van der Waals surface area contributed by atoms with Gasteiger partial charge in [-0.1, -0.05) is 6.07 Å². The Kier molecular flexibility index (Phi) is 4.24. The fourth-order valence-corrected chi connectivity index (χ4v) is 1.34. The minimum absolute atomic E-state index is 0.314. The third-order valence-electron chi connectivity index (χ3n) is 1.69. The Bertz CT molecular complexity index is 364. The number of hydrogen-bond acceptors (Lipinski definition) is 3. The molecule has 0 aliphatic heterocycles. The van der Waals surface area contributed by atoms with Gasteiger partial charge in [0, 0.05) is 6.92 Å². The molecule has 15 heavy (non-hydrogen) atoms. The summed E-state index contributed by atoms with van der Waals surface area (Å²) in [6, 6.07) is 4.92. The summed E-state index contributed by atoms with van der Waals surface area (Å²) < 4.78 is 9.96. The van der Waals surface area contributed by atoms with Crippen LogP contribution in [0.25, 0.3) is 0 Å². The first kappa shape index (κ1) is 12.1. The number of carbonyl (C=O) groups is 1. The molecule has 0 atom stereocenters. The number of benzene rings is 1. The van der Waals surface area contributed by atoms with Gasteiger partial charge in [0.15, 0.2) is 11.5 Å². The second kappa shape index (κ2) is 5.24. The van der Waals surface area contributed by atoms with Crippen LogP contribution in [0.4, 0.5) is 0 Å². The summed E-state index contributed by atoms with van der Waals surface area (Å²) in [5, 5.41) is 0. The van der Waals surface area contributed by atoms with Crippen molar-refractivity contribution in [2.24, 2.45) is 0 Å². The lowest BCUT2D eigenvalue weighted by atomic mass is 10.2. The Hall–Kier alpha value is -0.930. The van der Waals surface area contributed by atoms with Crippen molar-refractivity contribution < 1.29 is 14.3 Å². The quantitative estimate of drug-likeness (QED) is 0.469. The van der Waals surface area contributed by atoms with Crippen molar-refractivity contribution in [3.8, 4) is 11.5 Å². The molecule has 0 aliphatic carbocycles. The highest BCUT2D eigenvalue weighted by Gasteiger charge is 2.11. The maximum Gasteiger partial charge on any atom is 0.308 e. The largest absolute Gasteiger partial charge is 0.493 e. The number of carbonyl (C=O) groups excluding carboxylic acids is 1. The summed E-state index contributed by atoms with van der Waals surface area (Å²) in [4.78, 5) is 10.2. The van der Waals surface area contributed by atoms with E-state index in [2.05, 4.69) is 0 Å². The molecule has 0 aliphatic rings. The lowest BCUT2D eigenvalue weighted by Crippen LogP contribution is -2.03. The summed E-state index contributed by atoms with van der Waals surface area (Å²) in [6.07, 6.45) is 0. The van der Waals surface area contributed by atoms with Crippen LogP contribution in [0, 0.1) is 0 Å². The van der Waals surface area contributed by atoms with Crippen LogP contribution in [-0.4, -0.2) is 13.1 Å². The molecule has 1 aromatic rings. The summed E-state index contributed by atoms with van der Waals surface area (Å²) in [6.45, 7) is 1.31.